The molecule has 3 aromatic rings. The van der Waals surface area contributed by atoms with E-state index in [4.69, 9.17) is 16.3 Å². The summed E-state index contributed by atoms with van der Waals surface area (Å²) in [4.78, 5) is 0.355. The van der Waals surface area contributed by atoms with E-state index in [1.165, 1.54) is 4.31 Å². The van der Waals surface area contributed by atoms with Gasteiger partial charge in [0.2, 0.25) is 0 Å². The van der Waals surface area contributed by atoms with Crippen LogP contribution in [0.2, 0.25) is 5.02 Å². The molecule has 4 nitrogen and oxygen atoms in total. The molecule has 4 rings (SSSR count). The van der Waals surface area contributed by atoms with E-state index < -0.39 is 10.0 Å². The SMILES string of the molecule is O=S1(=O)c2cccc3cccc(c23)N1CCOc1ccccc1Cl. The summed E-state index contributed by atoms with van der Waals surface area (Å²) in [5, 5.41) is 2.20. The van der Waals surface area contributed by atoms with Crippen molar-refractivity contribution in [3.05, 3.63) is 65.7 Å². The van der Waals surface area contributed by atoms with Crippen LogP contribution in [0.4, 0.5) is 5.69 Å². The number of ether oxygens (including phenoxy) is 1. The zero-order valence-corrected chi connectivity index (χ0v) is 14.2. The largest absolute Gasteiger partial charge is 0.490 e. The average molecular weight is 360 g/mol. The second kappa shape index (κ2) is 5.69. The van der Waals surface area contributed by atoms with Gasteiger partial charge in [-0.25, -0.2) is 8.42 Å². The lowest BCUT2D eigenvalue weighted by Crippen LogP contribution is -2.31. The minimum absolute atomic E-state index is 0.216. The van der Waals surface area contributed by atoms with Gasteiger partial charge in [0.15, 0.2) is 0 Å². The molecule has 0 N–H and O–H groups in total. The van der Waals surface area contributed by atoms with Gasteiger partial charge in [0.05, 0.1) is 22.2 Å². The highest BCUT2D eigenvalue weighted by atomic mass is 35.5. The molecule has 0 radical (unpaired) electrons. The van der Waals surface area contributed by atoms with Crippen molar-refractivity contribution in [2.24, 2.45) is 0 Å². The van der Waals surface area contributed by atoms with Gasteiger partial charge in [0, 0.05) is 5.39 Å². The highest BCUT2D eigenvalue weighted by Gasteiger charge is 2.35. The van der Waals surface area contributed by atoms with Crippen LogP contribution in [0, 0.1) is 0 Å². The van der Waals surface area contributed by atoms with Gasteiger partial charge in [-0.1, -0.05) is 48.0 Å². The van der Waals surface area contributed by atoms with Crippen LogP contribution in [0.15, 0.2) is 65.6 Å². The third kappa shape index (κ3) is 2.32. The van der Waals surface area contributed by atoms with E-state index in [9.17, 15) is 8.42 Å². The van der Waals surface area contributed by atoms with Gasteiger partial charge >= 0.3 is 0 Å². The maximum Gasteiger partial charge on any atom is 0.265 e. The number of nitrogens with zero attached hydrogens (tertiary/aromatic N) is 1. The molecule has 0 aliphatic carbocycles. The second-order valence-electron chi connectivity index (χ2n) is 5.49. The molecule has 1 aliphatic rings. The van der Waals surface area contributed by atoms with Crippen LogP contribution in [-0.4, -0.2) is 21.6 Å². The van der Waals surface area contributed by atoms with E-state index in [-0.39, 0.29) is 13.2 Å². The van der Waals surface area contributed by atoms with Crippen molar-refractivity contribution < 1.29 is 13.2 Å². The lowest BCUT2D eigenvalue weighted by molar-refractivity contribution is 0.329. The Balaban J connectivity index is 1.63. The summed E-state index contributed by atoms with van der Waals surface area (Å²) in [6.45, 7) is 0.439. The van der Waals surface area contributed by atoms with Gasteiger partial charge in [-0.15, -0.1) is 0 Å². The molecule has 6 heteroatoms. The van der Waals surface area contributed by atoms with Crippen molar-refractivity contribution >= 4 is 38.1 Å². The molecule has 1 heterocycles. The van der Waals surface area contributed by atoms with Crippen LogP contribution in [0.1, 0.15) is 0 Å². The first-order chi connectivity index (χ1) is 11.6. The van der Waals surface area contributed by atoms with Crippen molar-refractivity contribution in [2.75, 3.05) is 17.5 Å². The highest BCUT2D eigenvalue weighted by Crippen LogP contribution is 2.41. The maximum absolute atomic E-state index is 12.8. The lowest BCUT2D eigenvalue weighted by atomic mass is 10.1. The number of rotatable bonds is 4. The molecular weight excluding hydrogens is 346 g/mol. The summed E-state index contributed by atoms with van der Waals surface area (Å²) in [6, 6.07) is 18.1. The predicted octanol–water partition coefficient (Wildman–Crippen LogP) is 4.08. The molecule has 24 heavy (non-hydrogen) atoms. The molecule has 0 amide bonds. The van der Waals surface area contributed by atoms with E-state index in [1.807, 2.05) is 36.4 Å². The van der Waals surface area contributed by atoms with E-state index >= 15 is 0 Å². The third-order valence-corrected chi connectivity index (χ3v) is 6.24. The normalized spacial score (nSPS) is 15.0. The summed E-state index contributed by atoms with van der Waals surface area (Å²) < 4.78 is 32.7. The number of halogens is 1. The number of hydrogen-bond acceptors (Lipinski definition) is 3. The van der Waals surface area contributed by atoms with Crippen LogP contribution in [0.25, 0.3) is 10.8 Å². The Kier molecular flexibility index (Phi) is 3.62. The molecule has 0 bridgehead atoms. The van der Waals surface area contributed by atoms with Crippen molar-refractivity contribution in [3.8, 4) is 5.75 Å². The Labute approximate surface area is 145 Å². The quantitative estimate of drug-likeness (QED) is 0.705. The zero-order valence-electron chi connectivity index (χ0n) is 12.6. The highest BCUT2D eigenvalue weighted by molar-refractivity contribution is 7.93. The first-order valence-electron chi connectivity index (χ1n) is 7.51. The topological polar surface area (TPSA) is 46.6 Å². The molecular formula is C18H14ClNO3S. The summed E-state index contributed by atoms with van der Waals surface area (Å²) in [6.07, 6.45) is 0. The van der Waals surface area contributed by atoms with Gasteiger partial charge in [0.25, 0.3) is 10.0 Å². The van der Waals surface area contributed by atoms with Crippen LogP contribution in [0.3, 0.4) is 0 Å². The molecule has 0 saturated carbocycles. The Hall–Kier alpha value is -2.24. The van der Waals surface area contributed by atoms with Gasteiger partial charge in [-0.05, 0) is 29.7 Å². The Morgan fingerprint density at radius 1 is 0.958 bits per heavy atom. The molecule has 3 aromatic carbocycles. The summed E-state index contributed by atoms with van der Waals surface area (Å²) in [5.74, 6) is 0.548. The average Bonchev–Trinajstić information content (AvgIpc) is 2.80. The van der Waals surface area contributed by atoms with Gasteiger partial charge in [-0.2, -0.15) is 0 Å². The van der Waals surface area contributed by atoms with Gasteiger partial charge < -0.3 is 4.74 Å². The second-order valence-corrected chi connectivity index (χ2v) is 7.73. The summed E-state index contributed by atoms with van der Waals surface area (Å²) >= 11 is 6.06. The summed E-state index contributed by atoms with van der Waals surface area (Å²) in [7, 11) is -3.54. The van der Waals surface area contributed by atoms with Gasteiger partial charge in [0.1, 0.15) is 12.4 Å². The fourth-order valence-electron chi connectivity index (χ4n) is 3.00. The minimum Gasteiger partial charge on any atom is -0.490 e. The van der Waals surface area contributed by atoms with Crippen LogP contribution < -0.4 is 9.04 Å². The smallest absolute Gasteiger partial charge is 0.265 e. The Morgan fingerprint density at radius 3 is 2.50 bits per heavy atom. The molecule has 0 aromatic heterocycles. The number of hydrogen-bond donors (Lipinski definition) is 0. The minimum atomic E-state index is -3.54. The molecule has 0 spiro atoms. The molecule has 0 fully saturated rings. The number of anilines is 1. The molecule has 0 unspecified atom stereocenters. The van der Waals surface area contributed by atoms with E-state index in [2.05, 4.69) is 0 Å². The zero-order chi connectivity index (χ0) is 16.7. The van der Waals surface area contributed by atoms with Crippen molar-refractivity contribution in [1.29, 1.82) is 0 Å². The maximum atomic E-state index is 12.8. The predicted molar refractivity (Wildman–Crippen MR) is 95.4 cm³/mol. The monoisotopic (exact) mass is 359 g/mol. The van der Waals surface area contributed by atoms with Crippen LogP contribution in [-0.2, 0) is 10.0 Å². The molecule has 1 aliphatic heterocycles. The molecule has 122 valence electrons. The Morgan fingerprint density at radius 2 is 1.71 bits per heavy atom. The van der Waals surface area contributed by atoms with Crippen LogP contribution >= 0.6 is 11.6 Å². The van der Waals surface area contributed by atoms with Gasteiger partial charge in [-0.3, -0.25) is 4.31 Å². The van der Waals surface area contributed by atoms with E-state index in [0.717, 1.165) is 10.8 Å². The van der Waals surface area contributed by atoms with Crippen molar-refractivity contribution in [3.63, 3.8) is 0 Å². The molecule has 0 atom stereocenters. The first-order valence-corrected chi connectivity index (χ1v) is 9.33. The number of para-hydroxylation sites is 1. The Bertz CT molecular complexity index is 1030. The van der Waals surface area contributed by atoms with E-state index in [0.29, 0.717) is 21.4 Å². The molecule has 0 saturated heterocycles. The third-order valence-electron chi connectivity index (χ3n) is 4.07. The van der Waals surface area contributed by atoms with Crippen molar-refractivity contribution in [2.45, 2.75) is 4.90 Å². The summed E-state index contributed by atoms with van der Waals surface area (Å²) in [5.41, 5.74) is 0.700. The number of benzene rings is 3. The van der Waals surface area contributed by atoms with Crippen molar-refractivity contribution in [1.82, 2.24) is 0 Å². The number of sulfonamides is 1. The fourth-order valence-corrected chi connectivity index (χ4v) is 4.88. The standard InChI is InChI=1S/C18H14ClNO3S/c19-14-7-1-2-9-16(14)23-12-11-20-15-8-3-5-13-6-4-10-17(18(13)15)24(20,21)22/h1-10H,11-12H2. The van der Waals surface area contributed by atoms with E-state index in [1.54, 1.807) is 24.3 Å². The first kappa shape index (κ1) is 15.3. The fraction of sp³-hybridized carbons (Fsp3) is 0.111. The lowest BCUT2D eigenvalue weighted by Gasteiger charge is -2.19. The van der Waals surface area contributed by atoms with Crippen LogP contribution in [0.5, 0.6) is 5.75 Å².